The van der Waals surface area contributed by atoms with Gasteiger partial charge in [0.05, 0.1) is 0 Å². The Kier molecular flexibility index (Phi) is 4.44. The van der Waals surface area contributed by atoms with E-state index in [0.29, 0.717) is 13.1 Å². The first-order valence-corrected chi connectivity index (χ1v) is 7.36. The Hall–Kier alpha value is -1.82. The number of nitrogens with zero attached hydrogens (tertiary/aromatic N) is 1. The molecule has 2 aromatic rings. The normalized spacial score (nSPS) is 11.3. The molecule has 2 heterocycles. The molecule has 108 valence electrons. The van der Waals surface area contributed by atoms with Crippen molar-refractivity contribution in [2.24, 2.45) is 0 Å². The highest BCUT2D eigenvalue weighted by Crippen LogP contribution is 2.25. The summed E-state index contributed by atoms with van der Waals surface area (Å²) in [5.74, 6) is 0.842. The van der Waals surface area contributed by atoms with Crippen molar-refractivity contribution in [2.75, 3.05) is 18.4 Å². The minimum Gasteiger partial charge on any atom is -0.444 e. The van der Waals surface area contributed by atoms with Crippen LogP contribution in [0.1, 0.15) is 20.8 Å². The molecule has 0 atom stereocenters. The van der Waals surface area contributed by atoms with E-state index >= 15 is 0 Å². The van der Waals surface area contributed by atoms with E-state index in [1.807, 2.05) is 38.3 Å². The average Bonchev–Trinajstić information content (AvgIpc) is 2.81. The molecule has 2 aromatic heterocycles. The van der Waals surface area contributed by atoms with Gasteiger partial charge in [-0.15, -0.1) is 11.3 Å². The number of anilines is 1. The zero-order chi connectivity index (χ0) is 14.6. The van der Waals surface area contributed by atoms with E-state index in [2.05, 4.69) is 15.6 Å². The van der Waals surface area contributed by atoms with Gasteiger partial charge in [-0.2, -0.15) is 0 Å². The Labute approximate surface area is 122 Å². The van der Waals surface area contributed by atoms with Gasteiger partial charge in [0.25, 0.3) is 0 Å². The fraction of sp³-hybridized carbons (Fsp3) is 0.429. The van der Waals surface area contributed by atoms with Gasteiger partial charge in [-0.1, -0.05) is 0 Å². The van der Waals surface area contributed by atoms with E-state index in [1.165, 1.54) is 4.70 Å². The number of aromatic nitrogens is 1. The molecule has 20 heavy (non-hydrogen) atoms. The second kappa shape index (κ2) is 6.09. The van der Waals surface area contributed by atoms with Crippen LogP contribution >= 0.6 is 11.3 Å². The number of thiophene rings is 1. The highest BCUT2D eigenvalue weighted by molar-refractivity contribution is 7.17. The van der Waals surface area contributed by atoms with Crippen LogP contribution in [0.3, 0.4) is 0 Å². The Morgan fingerprint density at radius 1 is 1.35 bits per heavy atom. The summed E-state index contributed by atoms with van der Waals surface area (Å²) in [5.41, 5.74) is -0.471. The van der Waals surface area contributed by atoms with Gasteiger partial charge in [-0.3, -0.25) is 0 Å². The van der Waals surface area contributed by atoms with Gasteiger partial charge < -0.3 is 15.4 Å². The van der Waals surface area contributed by atoms with Crippen LogP contribution in [0.25, 0.3) is 10.1 Å². The molecule has 0 spiro atoms. The van der Waals surface area contributed by atoms with Crippen LogP contribution < -0.4 is 10.6 Å². The Morgan fingerprint density at radius 3 is 2.90 bits per heavy atom. The minimum atomic E-state index is -0.471. The highest BCUT2D eigenvalue weighted by atomic mass is 32.1. The SMILES string of the molecule is CC(C)(C)OC(=O)NCCNc1nccc2sccc12. The molecule has 5 nitrogen and oxygen atoms in total. The number of nitrogens with one attached hydrogen (secondary N) is 2. The molecule has 0 saturated carbocycles. The second-order valence-electron chi connectivity index (χ2n) is 5.35. The first-order valence-electron chi connectivity index (χ1n) is 6.49. The van der Waals surface area contributed by atoms with E-state index in [9.17, 15) is 4.79 Å². The topological polar surface area (TPSA) is 63.2 Å². The van der Waals surface area contributed by atoms with Gasteiger partial charge in [0.15, 0.2) is 0 Å². The number of rotatable bonds is 4. The lowest BCUT2D eigenvalue weighted by Crippen LogP contribution is -2.35. The van der Waals surface area contributed by atoms with Gasteiger partial charge in [0, 0.05) is 29.4 Å². The number of alkyl carbamates (subject to hydrolysis) is 1. The first kappa shape index (κ1) is 14.6. The van der Waals surface area contributed by atoms with Gasteiger partial charge >= 0.3 is 6.09 Å². The third-order valence-corrected chi connectivity index (χ3v) is 3.35. The quantitative estimate of drug-likeness (QED) is 0.850. The lowest BCUT2D eigenvalue weighted by atomic mass is 10.2. The maximum Gasteiger partial charge on any atom is 0.407 e. The standard InChI is InChI=1S/C14H19N3O2S/c1-14(2,3)19-13(18)17-8-7-16-12-10-5-9-20-11(10)4-6-15-12/h4-6,9H,7-8H2,1-3H3,(H,15,16)(H,17,18). The van der Waals surface area contributed by atoms with Crippen LogP contribution in [0.2, 0.25) is 0 Å². The van der Waals surface area contributed by atoms with Crippen molar-refractivity contribution < 1.29 is 9.53 Å². The predicted octanol–water partition coefficient (Wildman–Crippen LogP) is 3.23. The number of ether oxygens (including phenoxy) is 1. The number of hydrogen-bond donors (Lipinski definition) is 2. The number of carbonyl (C=O) groups excluding carboxylic acids is 1. The minimum absolute atomic E-state index is 0.402. The summed E-state index contributed by atoms with van der Waals surface area (Å²) in [4.78, 5) is 15.8. The Morgan fingerprint density at radius 2 is 2.15 bits per heavy atom. The van der Waals surface area contributed by atoms with Crippen molar-refractivity contribution in [3.8, 4) is 0 Å². The van der Waals surface area contributed by atoms with Crippen LogP contribution in [-0.4, -0.2) is 29.8 Å². The third-order valence-electron chi connectivity index (χ3n) is 2.47. The maximum absolute atomic E-state index is 11.5. The summed E-state index contributed by atoms with van der Waals surface area (Å²) in [7, 11) is 0. The third kappa shape index (κ3) is 4.09. The van der Waals surface area contributed by atoms with E-state index in [0.717, 1.165) is 11.2 Å². The molecule has 6 heteroatoms. The van der Waals surface area contributed by atoms with Crippen molar-refractivity contribution in [3.63, 3.8) is 0 Å². The van der Waals surface area contributed by atoms with Crippen LogP contribution in [0.4, 0.5) is 10.6 Å². The molecule has 2 N–H and O–H groups in total. The summed E-state index contributed by atoms with van der Waals surface area (Å²) in [6.07, 6.45) is 1.38. The molecule has 0 aliphatic rings. The molecule has 0 fully saturated rings. The first-order chi connectivity index (χ1) is 9.46. The molecular formula is C14H19N3O2S. The van der Waals surface area contributed by atoms with E-state index in [-0.39, 0.29) is 0 Å². The van der Waals surface area contributed by atoms with Gasteiger partial charge in [0.1, 0.15) is 11.4 Å². The predicted molar refractivity (Wildman–Crippen MR) is 82.3 cm³/mol. The van der Waals surface area contributed by atoms with Gasteiger partial charge in [-0.25, -0.2) is 9.78 Å². The van der Waals surface area contributed by atoms with E-state index in [4.69, 9.17) is 4.74 Å². The summed E-state index contributed by atoms with van der Waals surface area (Å²) in [5, 5.41) is 9.06. The zero-order valence-corrected chi connectivity index (χ0v) is 12.7. The van der Waals surface area contributed by atoms with Crippen LogP contribution in [0.15, 0.2) is 23.7 Å². The fourth-order valence-electron chi connectivity index (χ4n) is 1.70. The number of amides is 1. The van der Waals surface area contributed by atoms with Gasteiger partial charge in [0.2, 0.25) is 0 Å². The maximum atomic E-state index is 11.5. The molecule has 2 rings (SSSR count). The van der Waals surface area contributed by atoms with E-state index < -0.39 is 11.7 Å². The smallest absolute Gasteiger partial charge is 0.407 e. The summed E-state index contributed by atoms with van der Waals surface area (Å²) < 4.78 is 6.35. The van der Waals surface area contributed by atoms with Crippen molar-refractivity contribution >= 4 is 33.3 Å². The number of pyridine rings is 1. The molecule has 0 unspecified atom stereocenters. The largest absolute Gasteiger partial charge is 0.444 e. The van der Waals surface area contributed by atoms with Crippen molar-refractivity contribution in [3.05, 3.63) is 23.7 Å². The molecule has 0 aliphatic carbocycles. The average molecular weight is 293 g/mol. The summed E-state index contributed by atoms with van der Waals surface area (Å²) in [6.45, 7) is 6.60. The van der Waals surface area contributed by atoms with Crippen molar-refractivity contribution in [1.29, 1.82) is 0 Å². The van der Waals surface area contributed by atoms with Crippen molar-refractivity contribution in [2.45, 2.75) is 26.4 Å². The summed E-state index contributed by atoms with van der Waals surface area (Å²) >= 11 is 1.68. The molecule has 0 bridgehead atoms. The van der Waals surface area contributed by atoms with Crippen molar-refractivity contribution in [1.82, 2.24) is 10.3 Å². The van der Waals surface area contributed by atoms with E-state index in [1.54, 1.807) is 17.5 Å². The van der Waals surface area contributed by atoms with Crippen LogP contribution in [0.5, 0.6) is 0 Å². The van der Waals surface area contributed by atoms with Gasteiger partial charge in [-0.05, 0) is 38.3 Å². The lowest BCUT2D eigenvalue weighted by Gasteiger charge is -2.19. The second-order valence-corrected chi connectivity index (χ2v) is 6.30. The zero-order valence-electron chi connectivity index (χ0n) is 11.9. The van der Waals surface area contributed by atoms with Crippen LogP contribution in [0, 0.1) is 0 Å². The molecule has 1 amide bonds. The highest BCUT2D eigenvalue weighted by Gasteiger charge is 2.15. The monoisotopic (exact) mass is 293 g/mol. The molecule has 0 aromatic carbocycles. The molecule has 0 aliphatic heterocycles. The fourth-order valence-corrected chi connectivity index (χ4v) is 2.48. The molecular weight excluding hydrogens is 274 g/mol. The Balaban J connectivity index is 1.79. The summed E-state index contributed by atoms with van der Waals surface area (Å²) in [6, 6.07) is 4.03. The lowest BCUT2D eigenvalue weighted by molar-refractivity contribution is 0.0530. The number of carbonyl (C=O) groups is 1. The molecule has 0 radical (unpaired) electrons. The Bertz CT molecular complexity index is 589. The molecule has 0 saturated heterocycles. The number of hydrogen-bond acceptors (Lipinski definition) is 5. The van der Waals surface area contributed by atoms with Crippen LogP contribution in [-0.2, 0) is 4.74 Å². The number of fused-ring (bicyclic) bond motifs is 1.